The molecule has 5 heteroatoms. The molecule has 1 amide bonds. The molecule has 132 valence electrons. The molecule has 0 saturated carbocycles. The molecule has 0 radical (unpaired) electrons. The molecule has 1 aliphatic rings. The van der Waals surface area contributed by atoms with Crippen molar-refractivity contribution in [2.24, 2.45) is 0 Å². The average molecular weight is 338 g/mol. The number of piperidine rings is 1. The number of hydrogen-bond donors (Lipinski definition) is 1. The van der Waals surface area contributed by atoms with E-state index in [1.807, 2.05) is 11.0 Å². The van der Waals surface area contributed by atoms with Crippen LogP contribution in [0, 0.1) is 13.8 Å². The number of carbonyl (C=O) groups excluding carboxylic acids is 1. The van der Waals surface area contributed by atoms with Crippen molar-refractivity contribution >= 4 is 17.4 Å². The second-order valence-electron chi connectivity index (χ2n) is 6.77. The molecule has 1 atom stereocenters. The lowest BCUT2D eigenvalue weighted by Gasteiger charge is -2.34. The zero-order chi connectivity index (χ0) is 17.8. The van der Waals surface area contributed by atoms with E-state index in [9.17, 15) is 4.79 Å². The zero-order valence-electron chi connectivity index (χ0n) is 15.2. The highest BCUT2D eigenvalue weighted by molar-refractivity contribution is 5.92. The van der Waals surface area contributed by atoms with Crippen molar-refractivity contribution in [1.82, 2.24) is 14.9 Å². The molecule has 3 rings (SSSR count). The van der Waals surface area contributed by atoms with Gasteiger partial charge in [-0.3, -0.25) is 4.79 Å². The van der Waals surface area contributed by atoms with Crippen LogP contribution in [0.25, 0.3) is 0 Å². The molecule has 0 bridgehead atoms. The summed E-state index contributed by atoms with van der Waals surface area (Å²) in [5.74, 6) is 0.641. The van der Waals surface area contributed by atoms with Gasteiger partial charge in [0.15, 0.2) is 0 Å². The van der Waals surface area contributed by atoms with Crippen molar-refractivity contribution in [3.05, 3.63) is 47.4 Å². The molecule has 1 fully saturated rings. The van der Waals surface area contributed by atoms with E-state index in [4.69, 9.17) is 0 Å². The topological polar surface area (TPSA) is 58.1 Å². The summed E-state index contributed by atoms with van der Waals surface area (Å²) in [4.78, 5) is 23.4. The highest BCUT2D eigenvalue weighted by Crippen LogP contribution is 2.22. The number of amides is 1. The largest absolute Gasteiger partial charge is 0.339 e. The van der Waals surface area contributed by atoms with E-state index in [1.54, 1.807) is 12.4 Å². The van der Waals surface area contributed by atoms with Crippen molar-refractivity contribution in [3.8, 4) is 0 Å². The summed E-state index contributed by atoms with van der Waals surface area (Å²) < 4.78 is 0. The Morgan fingerprint density at radius 1 is 1.20 bits per heavy atom. The minimum Gasteiger partial charge on any atom is -0.339 e. The Balaban J connectivity index is 1.71. The molecule has 25 heavy (non-hydrogen) atoms. The summed E-state index contributed by atoms with van der Waals surface area (Å²) in [6.45, 7) is 7.13. The summed E-state index contributed by atoms with van der Waals surface area (Å²) in [5, 5.41) is 3.24. The molecule has 2 heterocycles. The molecular formula is C20H26N4O. The van der Waals surface area contributed by atoms with Gasteiger partial charge in [-0.05, 0) is 62.8 Å². The Labute approximate surface area is 149 Å². The minimum atomic E-state index is -0.00298. The predicted octanol–water partition coefficient (Wildman–Crippen LogP) is 4.24. The van der Waals surface area contributed by atoms with Crippen LogP contribution in [0.4, 0.5) is 11.5 Å². The first-order valence-electron chi connectivity index (χ1n) is 9.05. The first-order chi connectivity index (χ1) is 12.1. The van der Waals surface area contributed by atoms with E-state index in [1.165, 1.54) is 17.5 Å². The lowest BCUT2D eigenvalue weighted by Crippen LogP contribution is -2.43. The van der Waals surface area contributed by atoms with Gasteiger partial charge in [0, 0.05) is 18.3 Å². The standard InChI is InChI=1S/C20H26N4O/c1-4-17-7-5-6-10-24(17)20(25)18-12-22-19(13-21-18)23-16-9-8-14(2)15(3)11-16/h8-9,11-13,17H,4-7,10H2,1-3H3,(H,22,23). The van der Waals surface area contributed by atoms with E-state index in [0.717, 1.165) is 31.5 Å². The molecule has 5 nitrogen and oxygen atoms in total. The van der Waals surface area contributed by atoms with Gasteiger partial charge in [0.05, 0.1) is 12.4 Å². The smallest absolute Gasteiger partial charge is 0.274 e. The molecule has 0 aliphatic carbocycles. The fourth-order valence-corrected chi connectivity index (χ4v) is 3.31. The molecule has 1 aliphatic heterocycles. The summed E-state index contributed by atoms with van der Waals surface area (Å²) in [6.07, 6.45) is 7.56. The Morgan fingerprint density at radius 2 is 2.04 bits per heavy atom. The molecule has 1 aromatic carbocycles. The highest BCUT2D eigenvalue weighted by atomic mass is 16.2. The number of benzene rings is 1. The molecule has 1 aromatic heterocycles. The van der Waals surface area contributed by atoms with Crippen molar-refractivity contribution in [2.75, 3.05) is 11.9 Å². The Hall–Kier alpha value is -2.43. The van der Waals surface area contributed by atoms with Crippen LogP contribution in [0.3, 0.4) is 0 Å². The summed E-state index contributed by atoms with van der Waals surface area (Å²) in [7, 11) is 0. The van der Waals surface area contributed by atoms with Crippen LogP contribution >= 0.6 is 0 Å². The second-order valence-corrected chi connectivity index (χ2v) is 6.77. The van der Waals surface area contributed by atoms with Gasteiger partial charge < -0.3 is 10.2 Å². The maximum absolute atomic E-state index is 12.7. The SMILES string of the molecule is CCC1CCCCN1C(=O)c1cnc(Nc2ccc(C)c(C)c2)cn1. The van der Waals surface area contributed by atoms with Crippen LogP contribution in [0.5, 0.6) is 0 Å². The molecular weight excluding hydrogens is 312 g/mol. The van der Waals surface area contributed by atoms with Crippen molar-refractivity contribution < 1.29 is 4.79 Å². The van der Waals surface area contributed by atoms with Crippen molar-refractivity contribution in [3.63, 3.8) is 0 Å². The number of aromatic nitrogens is 2. The van der Waals surface area contributed by atoms with E-state index < -0.39 is 0 Å². The van der Waals surface area contributed by atoms with E-state index >= 15 is 0 Å². The van der Waals surface area contributed by atoms with E-state index in [0.29, 0.717) is 17.6 Å². The highest BCUT2D eigenvalue weighted by Gasteiger charge is 2.27. The number of hydrogen-bond acceptors (Lipinski definition) is 4. The average Bonchev–Trinajstić information content (AvgIpc) is 2.65. The Morgan fingerprint density at radius 3 is 2.72 bits per heavy atom. The normalized spacial score (nSPS) is 17.4. The molecule has 1 N–H and O–H groups in total. The quantitative estimate of drug-likeness (QED) is 0.906. The van der Waals surface area contributed by atoms with Crippen LogP contribution < -0.4 is 5.32 Å². The van der Waals surface area contributed by atoms with Gasteiger partial charge in [-0.2, -0.15) is 0 Å². The number of aryl methyl sites for hydroxylation is 2. The molecule has 2 aromatic rings. The number of anilines is 2. The summed E-state index contributed by atoms with van der Waals surface area (Å²) in [5.41, 5.74) is 3.87. The third-order valence-electron chi connectivity index (χ3n) is 5.01. The molecule has 1 saturated heterocycles. The number of carbonyl (C=O) groups is 1. The van der Waals surface area contributed by atoms with Gasteiger partial charge in [0.2, 0.25) is 0 Å². The van der Waals surface area contributed by atoms with Gasteiger partial charge in [0.25, 0.3) is 5.91 Å². The number of likely N-dealkylation sites (tertiary alicyclic amines) is 1. The van der Waals surface area contributed by atoms with E-state index in [2.05, 4.69) is 48.2 Å². The Bertz CT molecular complexity index is 742. The third kappa shape index (κ3) is 3.98. The number of nitrogens with one attached hydrogen (secondary N) is 1. The fraction of sp³-hybridized carbons (Fsp3) is 0.450. The lowest BCUT2D eigenvalue weighted by atomic mass is 10.00. The minimum absolute atomic E-state index is 0.00298. The number of nitrogens with zero attached hydrogens (tertiary/aromatic N) is 3. The Kier molecular flexibility index (Phi) is 5.31. The van der Waals surface area contributed by atoms with Crippen LogP contribution in [0.15, 0.2) is 30.6 Å². The maximum Gasteiger partial charge on any atom is 0.274 e. The molecule has 1 unspecified atom stereocenters. The predicted molar refractivity (Wildman–Crippen MR) is 100 cm³/mol. The zero-order valence-corrected chi connectivity index (χ0v) is 15.2. The summed E-state index contributed by atoms with van der Waals surface area (Å²) >= 11 is 0. The van der Waals surface area contributed by atoms with Crippen LogP contribution in [0.2, 0.25) is 0 Å². The summed E-state index contributed by atoms with van der Waals surface area (Å²) in [6, 6.07) is 6.50. The monoisotopic (exact) mass is 338 g/mol. The van der Waals surface area contributed by atoms with Gasteiger partial charge in [-0.25, -0.2) is 9.97 Å². The van der Waals surface area contributed by atoms with Crippen LogP contribution in [-0.4, -0.2) is 33.4 Å². The van der Waals surface area contributed by atoms with Gasteiger partial charge in [-0.1, -0.05) is 13.0 Å². The van der Waals surface area contributed by atoms with Crippen LogP contribution in [0.1, 0.15) is 54.2 Å². The maximum atomic E-state index is 12.7. The van der Waals surface area contributed by atoms with Gasteiger partial charge in [0.1, 0.15) is 11.5 Å². The first-order valence-corrected chi connectivity index (χ1v) is 9.05. The van der Waals surface area contributed by atoms with Gasteiger partial charge >= 0.3 is 0 Å². The van der Waals surface area contributed by atoms with E-state index in [-0.39, 0.29) is 5.91 Å². The van der Waals surface area contributed by atoms with Crippen LogP contribution in [-0.2, 0) is 0 Å². The first kappa shape index (κ1) is 17.4. The van der Waals surface area contributed by atoms with Crippen molar-refractivity contribution in [2.45, 2.75) is 52.5 Å². The van der Waals surface area contributed by atoms with Crippen molar-refractivity contribution in [1.29, 1.82) is 0 Å². The third-order valence-corrected chi connectivity index (χ3v) is 5.01. The molecule has 0 spiro atoms. The number of rotatable bonds is 4. The van der Waals surface area contributed by atoms with Gasteiger partial charge in [-0.15, -0.1) is 0 Å². The lowest BCUT2D eigenvalue weighted by molar-refractivity contribution is 0.0601. The fourth-order valence-electron chi connectivity index (χ4n) is 3.31. The second kappa shape index (κ2) is 7.64.